The zero-order chi connectivity index (χ0) is 28.3. The minimum Gasteiger partial charge on any atom is -0.379 e. The molecule has 0 saturated carbocycles. The highest BCUT2D eigenvalue weighted by Gasteiger charge is 2.20. The maximum Gasteiger partial charge on any atom is 0.0956 e. The Bertz CT molecular complexity index is 2380. The molecule has 4 heterocycles. The fourth-order valence-electron chi connectivity index (χ4n) is 6.58. The van der Waals surface area contributed by atoms with Crippen molar-refractivity contribution in [2.75, 3.05) is 11.9 Å². The van der Waals surface area contributed by atoms with E-state index in [-0.39, 0.29) is 0 Å². The Morgan fingerprint density at radius 2 is 1.40 bits per heavy atom. The molecule has 43 heavy (non-hydrogen) atoms. The van der Waals surface area contributed by atoms with Gasteiger partial charge in [0.05, 0.1) is 39.1 Å². The lowest BCUT2D eigenvalue weighted by Crippen LogP contribution is -2.05. The number of fused-ring (bicyclic) bond motifs is 8. The summed E-state index contributed by atoms with van der Waals surface area (Å²) >= 11 is 0. The molecule has 0 spiro atoms. The largest absolute Gasteiger partial charge is 0.379 e. The van der Waals surface area contributed by atoms with Crippen molar-refractivity contribution in [3.8, 4) is 28.2 Å². The van der Waals surface area contributed by atoms with E-state index in [1.54, 1.807) is 0 Å². The van der Waals surface area contributed by atoms with Gasteiger partial charge in [-0.05, 0) is 35.9 Å². The van der Waals surface area contributed by atoms with Gasteiger partial charge in [-0.1, -0.05) is 109 Å². The molecule has 0 bridgehead atoms. The highest BCUT2D eigenvalue weighted by molar-refractivity contribution is 6.23. The van der Waals surface area contributed by atoms with E-state index in [9.17, 15) is 0 Å². The molecule has 1 N–H and O–H groups in total. The Kier molecular flexibility index (Phi) is 5.23. The average Bonchev–Trinajstić information content (AvgIpc) is 3.44. The number of rotatable bonds is 3. The maximum atomic E-state index is 5.24. The van der Waals surface area contributed by atoms with Crippen LogP contribution in [0.3, 0.4) is 0 Å². The van der Waals surface area contributed by atoms with Gasteiger partial charge in [-0.15, -0.1) is 0 Å². The molecule has 0 unspecified atom stereocenters. The number of hydrogen-bond acceptors (Lipinski definition) is 3. The van der Waals surface area contributed by atoms with Crippen molar-refractivity contribution in [1.82, 2.24) is 14.5 Å². The summed E-state index contributed by atoms with van der Waals surface area (Å²) in [6, 6.07) is 45.0. The molecule has 1 aliphatic rings. The normalized spacial score (nSPS) is 12.7. The van der Waals surface area contributed by atoms with Gasteiger partial charge in [0.1, 0.15) is 0 Å². The number of aromatic nitrogens is 3. The van der Waals surface area contributed by atoms with Crippen LogP contribution >= 0.6 is 0 Å². The minimum atomic E-state index is 0.820. The smallest absolute Gasteiger partial charge is 0.0956 e. The van der Waals surface area contributed by atoms with Crippen LogP contribution in [0.5, 0.6) is 0 Å². The summed E-state index contributed by atoms with van der Waals surface area (Å²) in [5, 5.41) is 8.27. The molecular weight excluding hydrogens is 524 g/mol. The summed E-state index contributed by atoms with van der Waals surface area (Å²) in [4.78, 5) is 10.4. The summed E-state index contributed by atoms with van der Waals surface area (Å²) in [6.07, 6.45) is 4.31. The molecule has 8 aromatic rings. The number of anilines is 1. The SMILES string of the molecule is C1=Cc2ccc3ccc(-c4ccc(-n5c6ccccc6c6c7ccccc7nc(-c7ccccc7)c65)cc4)nc3c2NC1. The lowest BCUT2D eigenvalue weighted by molar-refractivity contribution is 1.17. The van der Waals surface area contributed by atoms with Gasteiger partial charge < -0.3 is 9.88 Å². The van der Waals surface area contributed by atoms with Crippen LogP contribution in [0, 0.1) is 0 Å². The molecule has 0 fully saturated rings. The van der Waals surface area contributed by atoms with Crippen molar-refractivity contribution in [3.05, 3.63) is 139 Å². The van der Waals surface area contributed by atoms with Crippen molar-refractivity contribution < 1.29 is 0 Å². The first kappa shape index (κ1) is 23.9. The van der Waals surface area contributed by atoms with Crippen LogP contribution in [-0.2, 0) is 0 Å². The van der Waals surface area contributed by atoms with Gasteiger partial charge in [-0.2, -0.15) is 0 Å². The molecule has 4 nitrogen and oxygen atoms in total. The first-order valence-electron chi connectivity index (χ1n) is 14.7. The van der Waals surface area contributed by atoms with Crippen LogP contribution in [0.25, 0.3) is 77.9 Å². The van der Waals surface area contributed by atoms with E-state index in [4.69, 9.17) is 9.97 Å². The molecule has 9 rings (SSSR count). The summed E-state index contributed by atoms with van der Waals surface area (Å²) in [6.45, 7) is 0.820. The molecule has 0 atom stereocenters. The molecule has 1 aliphatic heterocycles. The van der Waals surface area contributed by atoms with Crippen molar-refractivity contribution in [2.45, 2.75) is 0 Å². The summed E-state index contributed by atoms with van der Waals surface area (Å²) in [7, 11) is 0. The molecule has 5 aromatic carbocycles. The Hall–Kier alpha value is -5.74. The van der Waals surface area contributed by atoms with Crippen LogP contribution in [0.4, 0.5) is 5.69 Å². The minimum absolute atomic E-state index is 0.820. The van der Waals surface area contributed by atoms with E-state index in [0.717, 1.165) is 73.3 Å². The van der Waals surface area contributed by atoms with Gasteiger partial charge in [0.15, 0.2) is 0 Å². The fourth-order valence-corrected chi connectivity index (χ4v) is 6.58. The van der Waals surface area contributed by atoms with Crippen molar-refractivity contribution >= 4 is 55.4 Å². The second-order valence-electron chi connectivity index (χ2n) is 11.0. The molecule has 3 aromatic heterocycles. The number of nitrogens with zero attached hydrogens (tertiary/aromatic N) is 3. The zero-order valence-corrected chi connectivity index (χ0v) is 23.3. The van der Waals surface area contributed by atoms with Gasteiger partial charge in [0.2, 0.25) is 0 Å². The number of pyridine rings is 2. The lowest BCUT2D eigenvalue weighted by atomic mass is 10.0. The monoisotopic (exact) mass is 550 g/mol. The van der Waals surface area contributed by atoms with Crippen LogP contribution in [0.15, 0.2) is 133 Å². The van der Waals surface area contributed by atoms with Crippen molar-refractivity contribution in [1.29, 1.82) is 0 Å². The Labute approximate surface area is 248 Å². The average molecular weight is 551 g/mol. The first-order chi connectivity index (χ1) is 21.3. The Morgan fingerprint density at radius 1 is 0.628 bits per heavy atom. The van der Waals surface area contributed by atoms with E-state index in [2.05, 4.69) is 149 Å². The highest BCUT2D eigenvalue weighted by atomic mass is 15.0. The van der Waals surface area contributed by atoms with E-state index in [1.165, 1.54) is 16.3 Å². The lowest BCUT2D eigenvalue weighted by Gasteiger charge is -2.16. The van der Waals surface area contributed by atoms with E-state index in [0.29, 0.717) is 0 Å². The number of hydrogen-bond donors (Lipinski definition) is 1. The number of nitrogens with one attached hydrogen (secondary N) is 1. The Balaban J connectivity index is 1.27. The zero-order valence-electron chi connectivity index (χ0n) is 23.3. The van der Waals surface area contributed by atoms with Crippen molar-refractivity contribution in [3.63, 3.8) is 0 Å². The molecular formula is C39H26N4. The van der Waals surface area contributed by atoms with Gasteiger partial charge in [-0.25, -0.2) is 9.97 Å². The second-order valence-corrected chi connectivity index (χ2v) is 11.0. The summed E-state index contributed by atoms with van der Waals surface area (Å²) in [5.41, 5.74) is 11.8. The number of benzene rings is 5. The molecule has 4 heteroatoms. The summed E-state index contributed by atoms with van der Waals surface area (Å²) in [5.74, 6) is 0. The molecule has 202 valence electrons. The van der Waals surface area contributed by atoms with E-state index in [1.807, 2.05) is 0 Å². The molecule has 0 aliphatic carbocycles. The van der Waals surface area contributed by atoms with Crippen LogP contribution < -0.4 is 5.32 Å². The third-order valence-corrected chi connectivity index (χ3v) is 8.56. The predicted octanol–water partition coefficient (Wildman–Crippen LogP) is 9.65. The topological polar surface area (TPSA) is 42.7 Å². The number of para-hydroxylation sites is 2. The third kappa shape index (κ3) is 3.70. The van der Waals surface area contributed by atoms with Crippen LogP contribution in [0.2, 0.25) is 0 Å². The first-order valence-corrected chi connectivity index (χ1v) is 14.7. The molecule has 0 amide bonds. The van der Waals surface area contributed by atoms with Crippen LogP contribution in [-0.4, -0.2) is 21.1 Å². The quantitative estimate of drug-likeness (QED) is 0.238. The predicted molar refractivity (Wildman–Crippen MR) is 180 cm³/mol. The molecule has 0 saturated heterocycles. The maximum absolute atomic E-state index is 5.24. The van der Waals surface area contributed by atoms with Crippen molar-refractivity contribution in [2.24, 2.45) is 0 Å². The second kappa shape index (κ2) is 9.40. The molecule has 0 radical (unpaired) electrons. The van der Waals surface area contributed by atoms with Gasteiger partial charge in [0.25, 0.3) is 0 Å². The van der Waals surface area contributed by atoms with Gasteiger partial charge in [0, 0.05) is 44.9 Å². The van der Waals surface area contributed by atoms with E-state index < -0.39 is 0 Å². The fraction of sp³-hybridized carbons (Fsp3) is 0.0256. The van der Waals surface area contributed by atoms with E-state index >= 15 is 0 Å². The third-order valence-electron chi connectivity index (χ3n) is 8.56. The van der Waals surface area contributed by atoms with Crippen LogP contribution in [0.1, 0.15) is 5.56 Å². The highest BCUT2D eigenvalue weighted by Crippen LogP contribution is 2.41. The standard InChI is InChI=1S/C39H26N4/c1-2-9-26(10-3-1)38-39-35(30-12-4-6-14-33(30)42-38)31-13-5-7-15-34(31)43(39)29-21-18-25(19-22-29)32-23-20-28-17-16-27-11-8-24-40-36(27)37(28)41-32/h1-23,40H,24H2. The Morgan fingerprint density at radius 3 is 2.28 bits per heavy atom. The summed E-state index contributed by atoms with van der Waals surface area (Å²) < 4.78 is 2.37. The van der Waals surface area contributed by atoms with Gasteiger partial charge >= 0.3 is 0 Å². The van der Waals surface area contributed by atoms with Gasteiger partial charge in [-0.3, -0.25) is 0 Å².